The molecule has 1 aliphatic heterocycles. The second-order valence-electron chi connectivity index (χ2n) is 6.67. The lowest BCUT2D eigenvalue weighted by Crippen LogP contribution is -2.23. The molecule has 21 heavy (non-hydrogen) atoms. The van der Waals surface area contributed by atoms with Crippen molar-refractivity contribution in [1.29, 1.82) is 0 Å². The van der Waals surface area contributed by atoms with Gasteiger partial charge in [0.2, 0.25) is 0 Å². The maximum absolute atomic E-state index is 5.92. The molecule has 2 aliphatic rings. The molecule has 1 aromatic carbocycles. The zero-order chi connectivity index (χ0) is 14.5. The molecule has 0 bridgehead atoms. The fraction of sp³-hybridized carbons (Fsp3) is 0.684. The number of hydrogen-bond acceptors (Lipinski definition) is 2. The Labute approximate surface area is 129 Å². The van der Waals surface area contributed by atoms with E-state index in [2.05, 4.69) is 30.4 Å². The lowest BCUT2D eigenvalue weighted by molar-refractivity contribution is 0.342. The zero-order valence-electron chi connectivity index (χ0n) is 13.4. The molecular formula is C19H29NO. The molecule has 1 aliphatic carbocycles. The van der Waals surface area contributed by atoms with Crippen LogP contribution in [-0.4, -0.2) is 13.2 Å². The van der Waals surface area contributed by atoms with Gasteiger partial charge in [0.05, 0.1) is 6.61 Å². The summed E-state index contributed by atoms with van der Waals surface area (Å²) in [5.74, 6) is 2.14. The van der Waals surface area contributed by atoms with Gasteiger partial charge in [0.15, 0.2) is 0 Å². The second kappa shape index (κ2) is 7.31. The number of nitrogens with one attached hydrogen (secondary N) is 1. The van der Waals surface area contributed by atoms with E-state index in [4.69, 9.17) is 4.74 Å². The summed E-state index contributed by atoms with van der Waals surface area (Å²) >= 11 is 0. The van der Waals surface area contributed by atoms with E-state index in [-0.39, 0.29) is 0 Å². The van der Waals surface area contributed by atoms with Gasteiger partial charge in [0, 0.05) is 18.0 Å². The molecule has 1 aromatic rings. The highest BCUT2D eigenvalue weighted by Crippen LogP contribution is 2.37. The van der Waals surface area contributed by atoms with Gasteiger partial charge in [-0.15, -0.1) is 0 Å². The fourth-order valence-electron chi connectivity index (χ4n) is 3.90. The summed E-state index contributed by atoms with van der Waals surface area (Å²) in [6.07, 6.45) is 10.7. The van der Waals surface area contributed by atoms with Gasteiger partial charge in [-0.1, -0.05) is 50.8 Å². The molecule has 0 radical (unpaired) electrons. The molecule has 2 heteroatoms. The molecule has 3 rings (SSSR count). The van der Waals surface area contributed by atoms with E-state index < -0.39 is 0 Å². The van der Waals surface area contributed by atoms with Crippen molar-refractivity contribution in [3.63, 3.8) is 0 Å². The molecular weight excluding hydrogens is 258 g/mol. The highest BCUT2D eigenvalue weighted by molar-refractivity contribution is 5.45. The van der Waals surface area contributed by atoms with E-state index in [1.807, 2.05) is 0 Å². The van der Waals surface area contributed by atoms with Crippen LogP contribution in [-0.2, 0) is 6.42 Å². The Morgan fingerprint density at radius 2 is 2.14 bits per heavy atom. The third kappa shape index (κ3) is 3.60. The van der Waals surface area contributed by atoms with Crippen LogP contribution in [0.5, 0.6) is 5.75 Å². The lowest BCUT2D eigenvalue weighted by Gasteiger charge is -2.22. The summed E-state index contributed by atoms with van der Waals surface area (Å²) in [6.45, 7) is 4.20. The molecule has 0 saturated heterocycles. The smallest absolute Gasteiger partial charge is 0.127 e. The van der Waals surface area contributed by atoms with Crippen molar-refractivity contribution < 1.29 is 4.74 Å². The van der Waals surface area contributed by atoms with E-state index >= 15 is 0 Å². The second-order valence-corrected chi connectivity index (χ2v) is 6.67. The average Bonchev–Trinajstić information content (AvgIpc) is 3.18. The van der Waals surface area contributed by atoms with E-state index in [1.54, 1.807) is 0 Å². The normalized spacial score (nSPS) is 19.5. The highest BCUT2D eigenvalue weighted by Gasteiger charge is 2.23. The standard InChI is InChI=1S/C19H29NO/c1-2-13-20-18(11-10-15-6-3-4-7-15)17-9-5-8-16-12-14-21-19(16)17/h5,8-9,15,18,20H,2-4,6-7,10-14H2,1H3. The van der Waals surface area contributed by atoms with Gasteiger partial charge in [-0.2, -0.15) is 0 Å². The first-order valence-electron chi connectivity index (χ1n) is 8.86. The van der Waals surface area contributed by atoms with Crippen molar-refractivity contribution in [1.82, 2.24) is 5.32 Å². The fourth-order valence-corrected chi connectivity index (χ4v) is 3.90. The van der Waals surface area contributed by atoms with Gasteiger partial charge in [-0.05, 0) is 37.3 Å². The summed E-state index contributed by atoms with van der Waals surface area (Å²) in [6, 6.07) is 7.17. The third-order valence-electron chi connectivity index (χ3n) is 5.10. The molecule has 1 fully saturated rings. The Morgan fingerprint density at radius 3 is 2.95 bits per heavy atom. The van der Waals surface area contributed by atoms with Gasteiger partial charge in [0.1, 0.15) is 5.75 Å². The Hall–Kier alpha value is -1.02. The topological polar surface area (TPSA) is 21.3 Å². The monoisotopic (exact) mass is 287 g/mol. The van der Waals surface area contributed by atoms with Gasteiger partial charge in [-0.25, -0.2) is 0 Å². The first kappa shape index (κ1) is 14.9. The van der Waals surface area contributed by atoms with E-state index in [9.17, 15) is 0 Å². The zero-order valence-corrected chi connectivity index (χ0v) is 13.4. The van der Waals surface area contributed by atoms with Gasteiger partial charge in [0.25, 0.3) is 0 Å². The number of rotatable bonds is 7. The van der Waals surface area contributed by atoms with Crippen LogP contribution in [0.3, 0.4) is 0 Å². The van der Waals surface area contributed by atoms with Gasteiger partial charge < -0.3 is 10.1 Å². The average molecular weight is 287 g/mol. The minimum Gasteiger partial charge on any atom is -0.493 e. The van der Waals surface area contributed by atoms with Crippen LogP contribution in [0, 0.1) is 5.92 Å². The Bertz CT molecular complexity index is 451. The number of ether oxygens (including phenoxy) is 1. The first-order valence-corrected chi connectivity index (χ1v) is 8.86. The highest BCUT2D eigenvalue weighted by atomic mass is 16.5. The van der Waals surface area contributed by atoms with Crippen molar-refractivity contribution in [2.24, 2.45) is 5.92 Å². The number of fused-ring (bicyclic) bond motifs is 1. The van der Waals surface area contributed by atoms with Crippen LogP contribution >= 0.6 is 0 Å². The predicted octanol–water partition coefficient (Wildman–Crippen LogP) is 4.63. The maximum atomic E-state index is 5.92. The molecule has 1 heterocycles. The molecule has 116 valence electrons. The summed E-state index contributed by atoms with van der Waals surface area (Å²) in [5.41, 5.74) is 2.80. The summed E-state index contributed by atoms with van der Waals surface area (Å²) in [5, 5.41) is 3.76. The van der Waals surface area contributed by atoms with Crippen molar-refractivity contribution in [3.8, 4) is 5.75 Å². The van der Waals surface area contributed by atoms with Crippen LogP contribution in [0.15, 0.2) is 18.2 Å². The van der Waals surface area contributed by atoms with Crippen LogP contribution in [0.25, 0.3) is 0 Å². The molecule has 0 aromatic heterocycles. The van der Waals surface area contributed by atoms with Crippen molar-refractivity contribution in [3.05, 3.63) is 29.3 Å². The minimum absolute atomic E-state index is 0.471. The van der Waals surface area contributed by atoms with E-state index in [0.717, 1.165) is 25.5 Å². The molecule has 1 atom stereocenters. The van der Waals surface area contributed by atoms with E-state index in [1.165, 1.54) is 61.8 Å². The first-order chi connectivity index (χ1) is 10.4. The van der Waals surface area contributed by atoms with Crippen molar-refractivity contribution in [2.45, 2.75) is 64.3 Å². The maximum Gasteiger partial charge on any atom is 0.127 e. The molecule has 1 saturated carbocycles. The van der Waals surface area contributed by atoms with Crippen LogP contribution in [0.4, 0.5) is 0 Å². The number of para-hydroxylation sites is 1. The summed E-state index contributed by atoms with van der Waals surface area (Å²) < 4.78 is 5.92. The van der Waals surface area contributed by atoms with Crippen LogP contribution < -0.4 is 10.1 Å². The van der Waals surface area contributed by atoms with Crippen molar-refractivity contribution in [2.75, 3.05) is 13.2 Å². The molecule has 1 unspecified atom stereocenters. The molecule has 1 N–H and O–H groups in total. The quantitative estimate of drug-likeness (QED) is 0.789. The number of benzene rings is 1. The SMILES string of the molecule is CCCNC(CCC1CCCC1)c1cccc2c1OCC2. The molecule has 0 spiro atoms. The third-order valence-corrected chi connectivity index (χ3v) is 5.10. The Morgan fingerprint density at radius 1 is 1.29 bits per heavy atom. The number of hydrogen-bond donors (Lipinski definition) is 1. The molecule has 0 amide bonds. The summed E-state index contributed by atoms with van der Waals surface area (Å²) in [4.78, 5) is 0. The van der Waals surface area contributed by atoms with Gasteiger partial charge in [-0.3, -0.25) is 0 Å². The van der Waals surface area contributed by atoms with E-state index in [0.29, 0.717) is 6.04 Å². The Balaban J connectivity index is 1.70. The molecule has 2 nitrogen and oxygen atoms in total. The van der Waals surface area contributed by atoms with Crippen LogP contribution in [0.1, 0.15) is 69.0 Å². The summed E-state index contributed by atoms with van der Waals surface area (Å²) in [7, 11) is 0. The van der Waals surface area contributed by atoms with Gasteiger partial charge >= 0.3 is 0 Å². The van der Waals surface area contributed by atoms with Crippen molar-refractivity contribution >= 4 is 0 Å². The predicted molar refractivity (Wildman–Crippen MR) is 87.9 cm³/mol. The Kier molecular flexibility index (Phi) is 5.18. The lowest BCUT2D eigenvalue weighted by atomic mass is 9.93. The largest absolute Gasteiger partial charge is 0.493 e. The van der Waals surface area contributed by atoms with Crippen LogP contribution in [0.2, 0.25) is 0 Å². The minimum atomic E-state index is 0.471.